The van der Waals surface area contributed by atoms with Crippen molar-refractivity contribution < 1.29 is 9.19 Å². The van der Waals surface area contributed by atoms with Crippen LogP contribution in [0.25, 0.3) is 0 Å². The highest BCUT2D eigenvalue weighted by molar-refractivity contribution is 4.69. The van der Waals surface area contributed by atoms with Gasteiger partial charge in [0, 0.05) is 16.2 Å². The fourth-order valence-corrected chi connectivity index (χ4v) is 3.60. The maximum Gasteiger partial charge on any atom is 0.0833 e. The van der Waals surface area contributed by atoms with Crippen LogP contribution < -0.4 is 4.70 Å². The van der Waals surface area contributed by atoms with Gasteiger partial charge in [0.25, 0.3) is 0 Å². The van der Waals surface area contributed by atoms with E-state index in [2.05, 4.69) is 69.4 Å². The average molecular weight is 261 g/mol. The number of rotatable bonds is 3. The lowest BCUT2D eigenvalue weighted by molar-refractivity contribution is -0.926. The molecule has 0 aromatic carbocycles. The van der Waals surface area contributed by atoms with Crippen LogP contribution in [0.5, 0.6) is 0 Å². The summed E-state index contributed by atoms with van der Waals surface area (Å²) in [5.74, 6) is 0. The first-order chi connectivity index (χ1) is 7.12. The van der Waals surface area contributed by atoms with Gasteiger partial charge in [0.05, 0.1) is 26.7 Å². The Morgan fingerprint density at radius 1 is 0.556 bits per heavy atom. The molecule has 0 radical (unpaired) electrons. The van der Waals surface area contributed by atoms with Gasteiger partial charge < -0.3 is 9.19 Å². The largest absolute Gasteiger partial charge is 1.00 e. The molecule has 0 saturated carbocycles. The average Bonchev–Trinajstić information content (AvgIpc) is 1.65. The molecule has 0 rings (SSSR count). The second-order valence-electron chi connectivity index (χ2n) is 9.78. The summed E-state index contributed by atoms with van der Waals surface area (Å²) in [7, 11) is 2.43. The molecule has 112 valence electrons. The Hall–Kier alpha value is -0.110. The molecule has 0 N–H and O–H groups in total. The van der Waals surface area contributed by atoms with Gasteiger partial charge in [0.2, 0.25) is 0 Å². The van der Waals surface area contributed by atoms with E-state index in [1.807, 2.05) is 0 Å². The van der Waals surface area contributed by atoms with E-state index in [4.69, 9.17) is 0 Å². The number of hydrogen-bond acceptors (Lipinski definition) is 0. The highest BCUT2D eigenvalue weighted by Gasteiger charge is 2.36. The van der Waals surface area contributed by atoms with Crippen molar-refractivity contribution in [2.75, 3.05) is 26.7 Å². The highest BCUT2D eigenvalue weighted by Crippen LogP contribution is 2.29. The number of hydrogen-bond donors (Lipinski definition) is 0. The van der Waals surface area contributed by atoms with Gasteiger partial charge in [-0.2, -0.15) is 0 Å². The lowest BCUT2D eigenvalue weighted by atomic mass is 9.87. The minimum absolute atomic E-state index is 0. The van der Waals surface area contributed by atoms with E-state index >= 15 is 0 Å². The van der Waals surface area contributed by atoms with Crippen molar-refractivity contribution >= 4 is 0 Å². The first-order valence-corrected chi connectivity index (χ1v) is 6.96. The van der Waals surface area contributed by atoms with Gasteiger partial charge in [-0.05, 0) is 0 Å². The predicted molar refractivity (Wildman–Crippen MR) is 79.2 cm³/mol. The monoisotopic (exact) mass is 261 g/mol. The van der Waals surface area contributed by atoms with Crippen LogP contribution in [0.15, 0.2) is 0 Å². The molecule has 0 spiro atoms. The van der Waals surface area contributed by atoms with Crippen molar-refractivity contribution in [3.8, 4) is 0 Å². The molecular formula is C16H36FN. The number of halogens is 1. The van der Waals surface area contributed by atoms with Crippen LogP contribution in [0.2, 0.25) is 0 Å². The van der Waals surface area contributed by atoms with Gasteiger partial charge in [-0.15, -0.1) is 0 Å². The molecule has 0 saturated heterocycles. The summed E-state index contributed by atoms with van der Waals surface area (Å²) < 4.78 is 1.18. The summed E-state index contributed by atoms with van der Waals surface area (Å²) in [6.07, 6.45) is 0. The maximum absolute atomic E-state index is 2.43. The Kier molecular flexibility index (Phi) is 6.62. The fourth-order valence-electron chi connectivity index (χ4n) is 3.60. The molecular weight excluding hydrogens is 225 g/mol. The van der Waals surface area contributed by atoms with Gasteiger partial charge in [-0.1, -0.05) is 62.3 Å². The molecule has 0 aromatic heterocycles. The molecule has 0 atom stereocenters. The second kappa shape index (κ2) is 5.90. The Labute approximate surface area is 115 Å². The molecule has 0 aliphatic carbocycles. The molecule has 0 aromatic rings. The van der Waals surface area contributed by atoms with Gasteiger partial charge in [-0.25, -0.2) is 0 Å². The van der Waals surface area contributed by atoms with Crippen LogP contribution in [-0.2, 0) is 0 Å². The lowest BCUT2D eigenvalue weighted by Gasteiger charge is -2.46. The van der Waals surface area contributed by atoms with E-state index in [9.17, 15) is 0 Å². The second-order valence-corrected chi connectivity index (χ2v) is 9.78. The normalized spacial score (nSPS) is 14.3. The molecule has 0 amide bonds. The molecule has 0 aliphatic rings. The van der Waals surface area contributed by atoms with Crippen LogP contribution >= 0.6 is 0 Å². The number of nitrogens with zero attached hydrogens (tertiary/aromatic N) is 1. The van der Waals surface area contributed by atoms with Crippen LogP contribution in [-0.4, -0.2) is 31.2 Å². The molecule has 0 unspecified atom stereocenters. The summed E-state index contributed by atoms with van der Waals surface area (Å²) >= 11 is 0. The molecule has 0 heterocycles. The van der Waals surface area contributed by atoms with Crippen LogP contribution in [0.1, 0.15) is 62.3 Å². The van der Waals surface area contributed by atoms with E-state index in [-0.39, 0.29) is 4.70 Å². The van der Waals surface area contributed by atoms with E-state index in [0.29, 0.717) is 16.2 Å². The third kappa shape index (κ3) is 11.0. The van der Waals surface area contributed by atoms with Crippen LogP contribution in [0, 0.1) is 16.2 Å². The van der Waals surface area contributed by atoms with Crippen molar-refractivity contribution in [2.24, 2.45) is 16.2 Å². The zero-order chi connectivity index (χ0) is 14.1. The maximum atomic E-state index is 2.43. The first-order valence-electron chi connectivity index (χ1n) is 6.96. The van der Waals surface area contributed by atoms with E-state index in [0.717, 1.165) is 0 Å². The Bertz CT molecular complexity index is 196. The first kappa shape index (κ1) is 20.2. The molecule has 0 aliphatic heterocycles. The van der Waals surface area contributed by atoms with Crippen molar-refractivity contribution in [1.82, 2.24) is 0 Å². The lowest BCUT2D eigenvalue weighted by Crippen LogP contribution is -3.00. The zero-order valence-corrected chi connectivity index (χ0v) is 14.4. The van der Waals surface area contributed by atoms with Crippen molar-refractivity contribution in [3.05, 3.63) is 0 Å². The van der Waals surface area contributed by atoms with Crippen molar-refractivity contribution in [3.63, 3.8) is 0 Å². The number of quaternary nitrogens is 1. The minimum atomic E-state index is 0. The molecule has 0 fully saturated rings. The molecule has 18 heavy (non-hydrogen) atoms. The van der Waals surface area contributed by atoms with E-state index in [1.54, 1.807) is 0 Å². The fraction of sp³-hybridized carbons (Fsp3) is 1.00. The van der Waals surface area contributed by atoms with Gasteiger partial charge in [0.15, 0.2) is 0 Å². The summed E-state index contributed by atoms with van der Waals surface area (Å²) in [6, 6.07) is 0. The summed E-state index contributed by atoms with van der Waals surface area (Å²) in [5.41, 5.74) is 1.18. The van der Waals surface area contributed by atoms with E-state index < -0.39 is 0 Å². The Balaban J connectivity index is 0. The van der Waals surface area contributed by atoms with Gasteiger partial charge in [0.1, 0.15) is 0 Å². The van der Waals surface area contributed by atoms with E-state index in [1.165, 1.54) is 24.1 Å². The third-order valence-electron chi connectivity index (χ3n) is 2.57. The summed E-state index contributed by atoms with van der Waals surface area (Å²) in [5, 5.41) is 0. The predicted octanol–water partition coefficient (Wildman–Crippen LogP) is 1.58. The summed E-state index contributed by atoms with van der Waals surface area (Å²) in [4.78, 5) is 0. The third-order valence-corrected chi connectivity index (χ3v) is 2.57. The van der Waals surface area contributed by atoms with Crippen LogP contribution in [0.3, 0.4) is 0 Å². The quantitative estimate of drug-likeness (QED) is 0.677. The minimum Gasteiger partial charge on any atom is -1.00 e. The smallest absolute Gasteiger partial charge is 0.0833 e. The topological polar surface area (TPSA) is 0 Å². The van der Waals surface area contributed by atoms with Gasteiger partial charge >= 0.3 is 0 Å². The molecule has 0 bridgehead atoms. The standard InChI is InChI=1S/C16H36N.FH/c1-14(2,3)11-17(10,12-15(4,5)6)13-16(7,8)9;/h11-13H2,1-10H3;1H/q+1;/p-1. The zero-order valence-electron chi connectivity index (χ0n) is 14.4. The highest BCUT2D eigenvalue weighted by atomic mass is 19.0. The molecule has 2 heteroatoms. The SMILES string of the molecule is CC(C)(C)C[N+](C)(CC(C)(C)C)CC(C)(C)C.[F-]. The van der Waals surface area contributed by atoms with Gasteiger partial charge in [-0.3, -0.25) is 0 Å². The summed E-state index contributed by atoms with van der Waals surface area (Å²) in [6.45, 7) is 25.0. The van der Waals surface area contributed by atoms with Crippen LogP contribution in [0.4, 0.5) is 0 Å². The Morgan fingerprint density at radius 3 is 0.833 bits per heavy atom. The van der Waals surface area contributed by atoms with Crippen molar-refractivity contribution in [1.29, 1.82) is 0 Å². The Morgan fingerprint density at radius 2 is 0.722 bits per heavy atom. The molecule has 1 nitrogen and oxygen atoms in total. The van der Waals surface area contributed by atoms with Crippen molar-refractivity contribution in [2.45, 2.75) is 62.3 Å².